The van der Waals surface area contributed by atoms with E-state index >= 15 is 0 Å². The molecule has 27 heavy (non-hydrogen) atoms. The highest BCUT2D eigenvalue weighted by atomic mass is 32.1. The molecule has 0 unspecified atom stereocenters. The van der Waals surface area contributed by atoms with Gasteiger partial charge >= 0.3 is 5.91 Å². The summed E-state index contributed by atoms with van der Waals surface area (Å²) in [4.78, 5) is 12.4. The fraction of sp³-hybridized carbons (Fsp3) is 0.158. The number of carbonyl (C=O) groups is 1. The molecule has 8 heteroatoms. The molecule has 138 valence electrons. The number of hydrogen-bond acceptors (Lipinski definition) is 5. The van der Waals surface area contributed by atoms with Crippen LogP contribution in [-0.2, 0) is 6.54 Å². The second kappa shape index (κ2) is 7.16. The number of rotatable bonds is 3. The van der Waals surface area contributed by atoms with Crippen molar-refractivity contribution in [1.29, 1.82) is 0 Å². The molecular weight excluding hydrogens is 366 g/mol. The van der Waals surface area contributed by atoms with Crippen LogP contribution < -0.4 is 25.6 Å². The molecule has 3 aromatic rings. The summed E-state index contributed by atoms with van der Waals surface area (Å²) in [6, 6.07) is 13.1. The lowest BCUT2D eigenvalue weighted by atomic mass is 10.1. The number of thiocarbonyl (C=S) groups is 1. The molecule has 0 saturated carbocycles. The Kier molecular flexibility index (Phi) is 4.55. The van der Waals surface area contributed by atoms with Crippen LogP contribution in [0.1, 0.15) is 21.7 Å². The predicted octanol–water partition coefficient (Wildman–Crippen LogP) is 2.78. The average Bonchev–Trinajstić information content (AvgIpc) is 3.29. The Morgan fingerprint density at radius 3 is 2.78 bits per heavy atom. The van der Waals surface area contributed by atoms with Gasteiger partial charge in [-0.2, -0.15) is 0 Å². The minimum Gasteiger partial charge on any atom is -0.454 e. The highest BCUT2D eigenvalue weighted by molar-refractivity contribution is 7.80. The minimum absolute atomic E-state index is 0.236. The number of carbonyl (C=O) groups excluding carboxylic acids is 1. The van der Waals surface area contributed by atoms with Crippen molar-refractivity contribution in [1.82, 2.24) is 16.2 Å². The number of nitrogens with one attached hydrogen (secondary N) is 3. The number of amides is 1. The van der Waals surface area contributed by atoms with Crippen molar-refractivity contribution in [2.24, 2.45) is 0 Å². The normalized spacial score (nSPS) is 12.0. The molecule has 7 nitrogen and oxygen atoms in total. The molecule has 1 amide bonds. The van der Waals surface area contributed by atoms with E-state index in [9.17, 15) is 4.79 Å². The van der Waals surface area contributed by atoms with Crippen LogP contribution in [0.3, 0.4) is 0 Å². The molecule has 3 N–H and O–H groups in total. The second-order valence-electron chi connectivity index (χ2n) is 6.00. The first-order chi connectivity index (χ1) is 13.1. The molecule has 2 heterocycles. The number of fused-ring (bicyclic) bond motifs is 2. The summed E-state index contributed by atoms with van der Waals surface area (Å²) in [5.74, 6) is 1.30. The smallest absolute Gasteiger partial charge is 0.305 e. The molecule has 0 saturated heterocycles. The maximum Gasteiger partial charge on any atom is 0.305 e. The third kappa shape index (κ3) is 3.52. The Morgan fingerprint density at radius 1 is 1.11 bits per heavy atom. The number of aryl methyl sites for hydroxylation is 1. The van der Waals surface area contributed by atoms with Gasteiger partial charge in [0.1, 0.15) is 5.58 Å². The number of furan rings is 1. The lowest BCUT2D eigenvalue weighted by Crippen LogP contribution is -2.46. The van der Waals surface area contributed by atoms with Crippen LogP contribution in [0.25, 0.3) is 11.0 Å². The first kappa shape index (κ1) is 17.2. The number of hydrazine groups is 1. The average molecular weight is 383 g/mol. The lowest BCUT2D eigenvalue weighted by molar-refractivity contribution is 0.0917. The highest BCUT2D eigenvalue weighted by Gasteiger charge is 2.17. The van der Waals surface area contributed by atoms with Crippen LogP contribution in [0, 0.1) is 6.92 Å². The Labute approximate surface area is 160 Å². The molecule has 4 rings (SSSR count). The van der Waals surface area contributed by atoms with E-state index in [0.717, 1.165) is 22.3 Å². The highest BCUT2D eigenvalue weighted by Crippen LogP contribution is 2.32. The summed E-state index contributed by atoms with van der Waals surface area (Å²) >= 11 is 5.19. The van der Waals surface area contributed by atoms with E-state index in [2.05, 4.69) is 16.2 Å². The molecule has 0 bridgehead atoms. The summed E-state index contributed by atoms with van der Waals surface area (Å²) in [7, 11) is 0. The van der Waals surface area contributed by atoms with Crippen molar-refractivity contribution in [3.8, 4) is 11.5 Å². The van der Waals surface area contributed by atoms with Gasteiger partial charge in [0, 0.05) is 17.5 Å². The van der Waals surface area contributed by atoms with Gasteiger partial charge in [-0.3, -0.25) is 15.6 Å². The van der Waals surface area contributed by atoms with E-state index in [1.165, 1.54) is 0 Å². The summed E-state index contributed by atoms with van der Waals surface area (Å²) in [6.45, 7) is 2.55. The predicted molar refractivity (Wildman–Crippen MR) is 104 cm³/mol. The fourth-order valence-corrected chi connectivity index (χ4v) is 2.96. The van der Waals surface area contributed by atoms with Gasteiger partial charge < -0.3 is 19.2 Å². The first-order valence-corrected chi connectivity index (χ1v) is 8.73. The molecule has 0 atom stereocenters. The molecule has 0 radical (unpaired) electrons. The van der Waals surface area contributed by atoms with Gasteiger partial charge in [-0.15, -0.1) is 0 Å². The fourth-order valence-electron chi connectivity index (χ4n) is 2.84. The van der Waals surface area contributed by atoms with E-state index in [-0.39, 0.29) is 17.7 Å². The molecule has 1 aliphatic heterocycles. The Balaban J connectivity index is 1.32. The van der Waals surface area contributed by atoms with Crippen LogP contribution >= 0.6 is 12.2 Å². The molecule has 0 spiro atoms. The van der Waals surface area contributed by atoms with Crippen molar-refractivity contribution >= 4 is 34.2 Å². The van der Waals surface area contributed by atoms with E-state index in [4.69, 9.17) is 26.1 Å². The number of para-hydroxylation sites is 1. The summed E-state index contributed by atoms with van der Waals surface area (Å²) in [5, 5.41) is 4.21. The van der Waals surface area contributed by atoms with Crippen LogP contribution in [0.5, 0.6) is 11.5 Å². The molecule has 1 aliphatic rings. The molecule has 2 aromatic carbocycles. The zero-order valence-corrected chi connectivity index (χ0v) is 15.3. The standard InChI is InChI=1S/C19H17N3O4S/c1-11-13-4-2-3-5-14(13)26-17(11)18(23)21-22-19(27)20-9-12-6-7-15-16(8-12)25-10-24-15/h2-8H,9-10H2,1H3,(H,21,23)(H2,20,22,27). The summed E-state index contributed by atoms with van der Waals surface area (Å²) < 4.78 is 16.2. The van der Waals surface area contributed by atoms with Gasteiger partial charge in [-0.05, 0) is 42.9 Å². The maximum absolute atomic E-state index is 12.4. The van der Waals surface area contributed by atoms with Crippen molar-refractivity contribution in [3.05, 3.63) is 59.4 Å². The number of hydrogen-bond donors (Lipinski definition) is 3. The zero-order valence-electron chi connectivity index (χ0n) is 14.5. The van der Waals surface area contributed by atoms with Gasteiger partial charge in [0.2, 0.25) is 6.79 Å². The van der Waals surface area contributed by atoms with Crippen LogP contribution in [-0.4, -0.2) is 17.8 Å². The van der Waals surface area contributed by atoms with E-state index in [1.54, 1.807) is 0 Å². The van der Waals surface area contributed by atoms with Crippen molar-refractivity contribution in [2.45, 2.75) is 13.5 Å². The minimum atomic E-state index is -0.393. The number of benzene rings is 2. The van der Waals surface area contributed by atoms with Gasteiger partial charge in [0.15, 0.2) is 22.4 Å². The topological polar surface area (TPSA) is 84.8 Å². The monoisotopic (exact) mass is 383 g/mol. The van der Waals surface area contributed by atoms with Crippen molar-refractivity contribution in [2.75, 3.05) is 6.79 Å². The van der Waals surface area contributed by atoms with Gasteiger partial charge in [0.25, 0.3) is 0 Å². The Morgan fingerprint density at radius 2 is 1.93 bits per heavy atom. The zero-order chi connectivity index (χ0) is 18.8. The van der Waals surface area contributed by atoms with Gasteiger partial charge in [-0.25, -0.2) is 0 Å². The van der Waals surface area contributed by atoms with Crippen LogP contribution in [0.2, 0.25) is 0 Å². The largest absolute Gasteiger partial charge is 0.454 e. The third-order valence-electron chi connectivity index (χ3n) is 4.23. The lowest BCUT2D eigenvalue weighted by Gasteiger charge is -2.11. The third-order valence-corrected chi connectivity index (χ3v) is 4.48. The maximum atomic E-state index is 12.4. The van der Waals surface area contributed by atoms with Gasteiger partial charge in [0.05, 0.1) is 0 Å². The van der Waals surface area contributed by atoms with E-state index in [0.29, 0.717) is 17.9 Å². The summed E-state index contributed by atoms with van der Waals surface area (Å²) in [5.41, 5.74) is 7.65. The Hall–Kier alpha value is -3.26. The second-order valence-corrected chi connectivity index (χ2v) is 6.41. The van der Waals surface area contributed by atoms with Crippen molar-refractivity contribution < 1.29 is 18.7 Å². The molecule has 1 aromatic heterocycles. The molecule has 0 fully saturated rings. The quantitative estimate of drug-likeness (QED) is 0.474. The van der Waals surface area contributed by atoms with Crippen LogP contribution in [0.4, 0.5) is 0 Å². The molecule has 0 aliphatic carbocycles. The first-order valence-electron chi connectivity index (χ1n) is 8.32. The van der Waals surface area contributed by atoms with Crippen molar-refractivity contribution in [3.63, 3.8) is 0 Å². The Bertz CT molecular complexity index is 1030. The molecular formula is C19H17N3O4S. The van der Waals surface area contributed by atoms with Gasteiger partial charge in [-0.1, -0.05) is 24.3 Å². The SMILES string of the molecule is Cc1c(C(=O)NNC(=S)NCc2ccc3c(c2)OCO3)oc2ccccc12. The summed E-state index contributed by atoms with van der Waals surface area (Å²) in [6.07, 6.45) is 0. The van der Waals surface area contributed by atoms with E-state index < -0.39 is 5.91 Å². The van der Waals surface area contributed by atoms with Crippen LogP contribution in [0.15, 0.2) is 46.9 Å². The number of ether oxygens (including phenoxy) is 2. The van der Waals surface area contributed by atoms with E-state index in [1.807, 2.05) is 49.4 Å².